The number of benzene rings is 2. The molecule has 2 N–H and O–H groups in total. The van der Waals surface area contributed by atoms with Gasteiger partial charge < -0.3 is 15.5 Å². The van der Waals surface area contributed by atoms with E-state index in [1.165, 1.54) is 0 Å². The van der Waals surface area contributed by atoms with Gasteiger partial charge in [0.1, 0.15) is 0 Å². The molecule has 0 unspecified atom stereocenters. The van der Waals surface area contributed by atoms with Gasteiger partial charge in [0.25, 0.3) is 5.91 Å². The summed E-state index contributed by atoms with van der Waals surface area (Å²) in [6.07, 6.45) is 1.24. The fraction of sp³-hybridized carbons (Fsp3) is 0.250. The van der Waals surface area contributed by atoms with Crippen LogP contribution in [0.1, 0.15) is 29.3 Å². The molecule has 138 valence electrons. The molecule has 6 nitrogen and oxygen atoms in total. The number of fused-ring (bicyclic) bond motifs is 2. The van der Waals surface area contributed by atoms with Crippen LogP contribution in [-0.4, -0.2) is 30.0 Å². The summed E-state index contributed by atoms with van der Waals surface area (Å²) < 4.78 is 0. The molecule has 0 aromatic heterocycles. The lowest BCUT2D eigenvalue weighted by atomic mass is 10.1. The van der Waals surface area contributed by atoms with Crippen LogP contribution in [0.3, 0.4) is 0 Å². The van der Waals surface area contributed by atoms with Crippen molar-refractivity contribution < 1.29 is 14.4 Å². The second-order valence-corrected chi connectivity index (χ2v) is 7.71. The van der Waals surface area contributed by atoms with Crippen molar-refractivity contribution in [3.8, 4) is 0 Å². The van der Waals surface area contributed by atoms with E-state index >= 15 is 0 Å². The van der Waals surface area contributed by atoms with E-state index in [0.29, 0.717) is 29.9 Å². The van der Waals surface area contributed by atoms with Crippen molar-refractivity contribution in [3.05, 3.63) is 47.5 Å². The fourth-order valence-corrected chi connectivity index (χ4v) is 4.31. The molecule has 7 heteroatoms. The average molecular weight is 381 g/mol. The van der Waals surface area contributed by atoms with E-state index in [-0.39, 0.29) is 17.7 Å². The number of nitrogens with zero attached hydrogens (tertiary/aromatic N) is 1. The van der Waals surface area contributed by atoms with Crippen LogP contribution in [0.15, 0.2) is 41.3 Å². The van der Waals surface area contributed by atoms with Crippen molar-refractivity contribution in [1.82, 2.24) is 0 Å². The van der Waals surface area contributed by atoms with Crippen molar-refractivity contribution >= 4 is 46.5 Å². The van der Waals surface area contributed by atoms with Crippen molar-refractivity contribution in [2.45, 2.75) is 24.7 Å². The van der Waals surface area contributed by atoms with E-state index < -0.39 is 0 Å². The standard InChI is InChI=1S/C20H19N3O3S/c1-12(24)23-8-6-13-10-15(3-4-17(13)23)21-20(26)14-2-5-18-16(11-14)22-19(25)7-9-27-18/h2-5,10-11H,6-9H2,1H3,(H,21,26)(H,22,25). The molecule has 0 saturated heterocycles. The maximum Gasteiger partial charge on any atom is 0.255 e. The minimum atomic E-state index is -0.234. The molecule has 2 aromatic carbocycles. The third-order valence-electron chi connectivity index (χ3n) is 4.72. The normalized spacial score (nSPS) is 15.4. The van der Waals surface area contributed by atoms with Crippen LogP contribution in [0.4, 0.5) is 17.1 Å². The van der Waals surface area contributed by atoms with Crippen LogP contribution in [0, 0.1) is 0 Å². The van der Waals surface area contributed by atoms with Gasteiger partial charge in [0.15, 0.2) is 0 Å². The Balaban J connectivity index is 1.53. The van der Waals surface area contributed by atoms with E-state index in [2.05, 4.69) is 10.6 Å². The van der Waals surface area contributed by atoms with Gasteiger partial charge in [0.2, 0.25) is 11.8 Å². The van der Waals surface area contributed by atoms with E-state index in [1.807, 2.05) is 18.2 Å². The number of nitrogens with one attached hydrogen (secondary N) is 2. The van der Waals surface area contributed by atoms with Gasteiger partial charge in [0, 0.05) is 47.5 Å². The zero-order valence-corrected chi connectivity index (χ0v) is 15.7. The number of anilines is 3. The molecule has 0 atom stereocenters. The second kappa shape index (κ2) is 7.08. The lowest BCUT2D eigenvalue weighted by Crippen LogP contribution is -2.25. The van der Waals surface area contributed by atoms with E-state index in [1.54, 1.807) is 41.8 Å². The molecular formula is C20H19N3O3S. The second-order valence-electron chi connectivity index (χ2n) is 6.58. The Morgan fingerprint density at radius 2 is 2.00 bits per heavy atom. The Bertz CT molecular complexity index is 957. The molecular weight excluding hydrogens is 362 g/mol. The minimum Gasteiger partial charge on any atom is -0.325 e. The first kappa shape index (κ1) is 17.6. The Hall–Kier alpha value is -2.80. The number of rotatable bonds is 2. The molecule has 0 spiro atoms. The van der Waals surface area contributed by atoms with Gasteiger partial charge in [0.05, 0.1) is 5.69 Å². The van der Waals surface area contributed by atoms with Crippen LogP contribution >= 0.6 is 11.8 Å². The third-order valence-corrected chi connectivity index (χ3v) is 5.79. The van der Waals surface area contributed by atoms with Crippen molar-refractivity contribution in [1.29, 1.82) is 0 Å². The molecule has 0 bridgehead atoms. The van der Waals surface area contributed by atoms with Gasteiger partial charge in [-0.15, -0.1) is 11.8 Å². The Morgan fingerprint density at radius 3 is 2.81 bits per heavy atom. The molecule has 0 saturated carbocycles. The first-order chi connectivity index (χ1) is 13.0. The Kier molecular flexibility index (Phi) is 4.61. The van der Waals surface area contributed by atoms with Crippen LogP contribution in [-0.2, 0) is 16.0 Å². The summed E-state index contributed by atoms with van der Waals surface area (Å²) in [6, 6.07) is 10.9. The summed E-state index contributed by atoms with van der Waals surface area (Å²) in [6.45, 7) is 2.23. The van der Waals surface area contributed by atoms with Crippen LogP contribution in [0.5, 0.6) is 0 Å². The van der Waals surface area contributed by atoms with Crippen LogP contribution < -0.4 is 15.5 Å². The topological polar surface area (TPSA) is 78.5 Å². The summed E-state index contributed by atoms with van der Waals surface area (Å²) in [5.41, 5.74) is 3.82. The molecule has 0 aliphatic carbocycles. The predicted molar refractivity (Wildman–Crippen MR) is 107 cm³/mol. The first-order valence-corrected chi connectivity index (χ1v) is 9.79. The molecule has 2 aromatic rings. The Labute approximate surface area is 161 Å². The van der Waals surface area contributed by atoms with E-state index in [9.17, 15) is 14.4 Å². The summed E-state index contributed by atoms with van der Waals surface area (Å²) in [7, 11) is 0. The number of amides is 3. The van der Waals surface area contributed by atoms with Gasteiger partial charge in [-0.1, -0.05) is 0 Å². The SMILES string of the molecule is CC(=O)N1CCc2cc(NC(=O)c3ccc4c(c3)NC(=O)CCS4)ccc21. The van der Waals surface area contributed by atoms with Crippen molar-refractivity contribution in [3.63, 3.8) is 0 Å². The highest BCUT2D eigenvalue weighted by Gasteiger charge is 2.22. The lowest BCUT2D eigenvalue weighted by Gasteiger charge is -2.15. The zero-order valence-electron chi connectivity index (χ0n) is 14.9. The lowest BCUT2D eigenvalue weighted by molar-refractivity contribution is -0.117. The quantitative estimate of drug-likeness (QED) is 0.837. The highest BCUT2D eigenvalue weighted by molar-refractivity contribution is 7.99. The summed E-state index contributed by atoms with van der Waals surface area (Å²) in [5.74, 6) is 0.488. The molecule has 3 amide bonds. The molecule has 0 fully saturated rings. The van der Waals surface area contributed by atoms with Crippen molar-refractivity contribution in [2.24, 2.45) is 0 Å². The van der Waals surface area contributed by atoms with Crippen molar-refractivity contribution in [2.75, 3.05) is 27.8 Å². The number of thioether (sulfide) groups is 1. The largest absolute Gasteiger partial charge is 0.325 e. The minimum absolute atomic E-state index is 0.0235. The van der Waals surface area contributed by atoms with Crippen LogP contribution in [0.2, 0.25) is 0 Å². The smallest absolute Gasteiger partial charge is 0.255 e. The number of carbonyl (C=O) groups is 3. The highest BCUT2D eigenvalue weighted by atomic mass is 32.2. The summed E-state index contributed by atoms with van der Waals surface area (Å²) in [5, 5.41) is 5.76. The maximum absolute atomic E-state index is 12.6. The van der Waals surface area contributed by atoms with Gasteiger partial charge >= 0.3 is 0 Å². The third kappa shape index (κ3) is 3.55. The molecule has 2 heterocycles. The van der Waals surface area contributed by atoms with Gasteiger partial charge in [-0.3, -0.25) is 14.4 Å². The number of hydrogen-bond donors (Lipinski definition) is 2. The van der Waals surface area contributed by atoms with Gasteiger partial charge in [-0.2, -0.15) is 0 Å². The zero-order chi connectivity index (χ0) is 19.0. The molecule has 4 rings (SSSR count). The monoisotopic (exact) mass is 381 g/mol. The van der Waals surface area contributed by atoms with Gasteiger partial charge in [-0.25, -0.2) is 0 Å². The van der Waals surface area contributed by atoms with E-state index in [0.717, 1.165) is 28.3 Å². The van der Waals surface area contributed by atoms with Crippen LogP contribution in [0.25, 0.3) is 0 Å². The number of carbonyl (C=O) groups excluding carboxylic acids is 3. The highest BCUT2D eigenvalue weighted by Crippen LogP contribution is 2.33. The average Bonchev–Trinajstić information content (AvgIpc) is 2.96. The summed E-state index contributed by atoms with van der Waals surface area (Å²) in [4.78, 5) is 38.8. The molecule has 27 heavy (non-hydrogen) atoms. The van der Waals surface area contributed by atoms with E-state index in [4.69, 9.17) is 0 Å². The predicted octanol–water partition coefficient (Wildman–Crippen LogP) is 3.28. The first-order valence-electron chi connectivity index (χ1n) is 8.80. The molecule has 0 radical (unpaired) electrons. The molecule has 2 aliphatic heterocycles. The number of hydrogen-bond acceptors (Lipinski definition) is 4. The Morgan fingerprint density at radius 1 is 1.15 bits per heavy atom. The molecule has 2 aliphatic rings. The summed E-state index contributed by atoms with van der Waals surface area (Å²) >= 11 is 1.61. The maximum atomic E-state index is 12.6. The van der Waals surface area contributed by atoms with Gasteiger partial charge in [-0.05, 0) is 48.4 Å². The fourth-order valence-electron chi connectivity index (χ4n) is 3.37.